The zero-order valence-corrected chi connectivity index (χ0v) is 5.83. The van der Waals surface area contributed by atoms with Crippen LogP contribution in [0, 0.1) is 11.8 Å². The summed E-state index contributed by atoms with van der Waals surface area (Å²) in [4.78, 5) is 0. The van der Waals surface area contributed by atoms with Gasteiger partial charge in [0.2, 0.25) is 0 Å². The van der Waals surface area contributed by atoms with Crippen molar-refractivity contribution >= 4 is 0 Å². The second kappa shape index (κ2) is 5.77. The van der Waals surface area contributed by atoms with Crippen LogP contribution in [0.5, 0.6) is 0 Å². The fraction of sp³-hybridized carbons (Fsp3) is 0.250. The van der Waals surface area contributed by atoms with Gasteiger partial charge in [0.25, 0.3) is 0 Å². The van der Waals surface area contributed by atoms with Gasteiger partial charge in [-0.2, -0.15) is 0 Å². The highest BCUT2D eigenvalue weighted by Crippen LogP contribution is 1.83. The lowest BCUT2D eigenvalue weighted by molar-refractivity contribution is 0.437. The number of hydrogen-bond acceptors (Lipinski definition) is 2. The van der Waals surface area contributed by atoms with Crippen LogP contribution in [-0.2, 0) is 0 Å². The Bertz CT molecular complexity index is 191. The van der Waals surface area contributed by atoms with Crippen LogP contribution in [0.4, 0.5) is 0 Å². The first-order valence-corrected chi connectivity index (χ1v) is 2.94. The molecule has 0 spiro atoms. The Morgan fingerprint density at radius 3 is 2.80 bits per heavy atom. The summed E-state index contributed by atoms with van der Waals surface area (Å²) in [5.41, 5.74) is 0. The molecule has 0 heterocycles. The van der Waals surface area contributed by atoms with E-state index in [-0.39, 0.29) is 5.76 Å². The normalized spacial score (nSPS) is 11.1. The molecule has 0 atom stereocenters. The molecule has 2 nitrogen and oxygen atoms in total. The quantitative estimate of drug-likeness (QED) is 0.429. The Morgan fingerprint density at radius 1 is 1.60 bits per heavy atom. The molecule has 0 saturated heterocycles. The standard InChI is InChI=1S/C8H10O2/c1-2-8(10)6-4-3-5-7-9/h2,5,7,9-10H,3H2,1H3. The fourth-order valence-corrected chi connectivity index (χ4v) is 0.325. The van der Waals surface area contributed by atoms with E-state index in [0.29, 0.717) is 6.42 Å². The molecule has 54 valence electrons. The van der Waals surface area contributed by atoms with E-state index in [9.17, 15) is 0 Å². The van der Waals surface area contributed by atoms with Gasteiger partial charge in [0.05, 0.1) is 6.26 Å². The lowest BCUT2D eigenvalue weighted by Gasteiger charge is -1.79. The van der Waals surface area contributed by atoms with E-state index >= 15 is 0 Å². The molecule has 0 aliphatic heterocycles. The van der Waals surface area contributed by atoms with Crippen molar-refractivity contribution in [2.24, 2.45) is 0 Å². The molecule has 0 aromatic heterocycles. The monoisotopic (exact) mass is 138 g/mol. The topological polar surface area (TPSA) is 40.5 Å². The van der Waals surface area contributed by atoms with Crippen molar-refractivity contribution in [3.8, 4) is 11.8 Å². The number of aliphatic hydroxyl groups is 2. The molecule has 0 radical (unpaired) electrons. The van der Waals surface area contributed by atoms with E-state index in [1.165, 1.54) is 12.2 Å². The van der Waals surface area contributed by atoms with Crippen molar-refractivity contribution in [3.63, 3.8) is 0 Å². The summed E-state index contributed by atoms with van der Waals surface area (Å²) in [5, 5.41) is 16.9. The Morgan fingerprint density at radius 2 is 2.30 bits per heavy atom. The summed E-state index contributed by atoms with van der Waals surface area (Å²) in [6.07, 6.45) is 4.39. The molecule has 0 unspecified atom stereocenters. The lowest BCUT2D eigenvalue weighted by atomic mass is 10.4. The van der Waals surface area contributed by atoms with Crippen molar-refractivity contribution in [1.29, 1.82) is 0 Å². The van der Waals surface area contributed by atoms with Gasteiger partial charge in [-0.05, 0) is 25.0 Å². The zero-order valence-electron chi connectivity index (χ0n) is 5.83. The molecule has 0 rings (SSSR count). The van der Waals surface area contributed by atoms with E-state index in [2.05, 4.69) is 11.8 Å². The van der Waals surface area contributed by atoms with Crippen molar-refractivity contribution in [1.82, 2.24) is 0 Å². The van der Waals surface area contributed by atoms with Crippen LogP contribution in [0.25, 0.3) is 0 Å². The van der Waals surface area contributed by atoms with Crippen molar-refractivity contribution in [2.75, 3.05) is 0 Å². The van der Waals surface area contributed by atoms with Crippen LogP contribution in [0.2, 0.25) is 0 Å². The van der Waals surface area contributed by atoms with E-state index in [1.807, 2.05) is 0 Å². The van der Waals surface area contributed by atoms with Crippen LogP contribution < -0.4 is 0 Å². The largest absolute Gasteiger partial charge is 0.516 e. The van der Waals surface area contributed by atoms with Crippen molar-refractivity contribution in [3.05, 3.63) is 24.2 Å². The van der Waals surface area contributed by atoms with Crippen molar-refractivity contribution in [2.45, 2.75) is 13.3 Å². The summed E-state index contributed by atoms with van der Waals surface area (Å²) < 4.78 is 0. The summed E-state index contributed by atoms with van der Waals surface area (Å²) in [6, 6.07) is 0. The predicted molar refractivity (Wildman–Crippen MR) is 40.5 cm³/mol. The van der Waals surface area contributed by atoms with Gasteiger partial charge in [-0.3, -0.25) is 0 Å². The van der Waals surface area contributed by atoms with Crippen molar-refractivity contribution < 1.29 is 10.2 Å². The molecule has 0 aliphatic carbocycles. The summed E-state index contributed by atoms with van der Waals surface area (Å²) in [7, 11) is 0. The molecule has 0 aromatic carbocycles. The third-order valence-electron chi connectivity index (χ3n) is 0.815. The minimum absolute atomic E-state index is 0.0614. The highest BCUT2D eigenvalue weighted by atomic mass is 16.3. The first-order chi connectivity index (χ1) is 4.81. The van der Waals surface area contributed by atoms with E-state index in [4.69, 9.17) is 10.2 Å². The molecule has 0 fully saturated rings. The molecule has 0 saturated carbocycles. The lowest BCUT2D eigenvalue weighted by Crippen LogP contribution is -1.70. The van der Waals surface area contributed by atoms with Crippen LogP contribution in [0.1, 0.15) is 13.3 Å². The minimum atomic E-state index is 0.0614. The average molecular weight is 138 g/mol. The molecule has 0 aliphatic rings. The van der Waals surface area contributed by atoms with Gasteiger partial charge in [-0.15, -0.1) is 0 Å². The predicted octanol–water partition coefficient (Wildman–Crippen LogP) is 1.91. The number of hydrogen-bond donors (Lipinski definition) is 2. The second-order valence-corrected chi connectivity index (χ2v) is 1.56. The number of rotatable bonds is 1. The van der Waals surface area contributed by atoms with Gasteiger partial charge in [0.1, 0.15) is 0 Å². The minimum Gasteiger partial charge on any atom is -0.516 e. The SMILES string of the molecule is CC=C(O)C#CCC=CO. The molecular weight excluding hydrogens is 128 g/mol. The Kier molecular flexibility index (Phi) is 4.99. The van der Waals surface area contributed by atoms with Gasteiger partial charge in [0.15, 0.2) is 5.76 Å². The van der Waals surface area contributed by atoms with Gasteiger partial charge in [-0.1, -0.05) is 5.92 Å². The second-order valence-electron chi connectivity index (χ2n) is 1.56. The Hall–Kier alpha value is -1.36. The zero-order chi connectivity index (χ0) is 7.82. The molecule has 10 heavy (non-hydrogen) atoms. The first-order valence-electron chi connectivity index (χ1n) is 2.94. The molecular formula is C8H10O2. The van der Waals surface area contributed by atoms with Gasteiger partial charge >= 0.3 is 0 Å². The third kappa shape index (κ3) is 4.79. The van der Waals surface area contributed by atoms with E-state index < -0.39 is 0 Å². The average Bonchev–Trinajstić information content (AvgIpc) is 1.98. The fourth-order valence-electron chi connectivity index (χ4n) is 0.325. The molecule has 2 N–H and O–H groups in total. The maximum atomic E-state index is 8.76. The first kappa shape index (κ1) is 8.64. The number of allylic oxidation sites excluding steroid dienone is 3. The highest BCUT2D eigenvalue weighted by molar-refractivity contribution is 5.21. The molecule has 0 amide bonds. The number of aliphatic hydroxyl groups excluding tert-OH is 2. The van der Waals surface area contributed by atoms with Crippen LogP contribution in [0.15, 0.2) is 24.2 Å². The van der Waals surface area contributed by atoms with E-state index in [1.54, 1.807) is 6.92 Å². The van der Waals surface area contributed by atoms with Gasteiger partial charge in [0, 0.05) is 6.42 Å². The highest BCUT2D eigenvalue weighted by Gasteiger charge is 1.75. The maximum absolute atomic E-state index is 8.76. The smallest absolute Gasteiger partial charge is 0.162 e. The van der Waals surface area contributed by atoms with Gasteiger partial charge < -0.3 is 10.2 Å². The third-order valence-corrected chi connectivity index (χ3v) is 0.815. The molecule has 2 heteroatoms. The van der Waals surface area contributed by atoms with Crippen LogP contribution in [0.3, 0.4) is 0 Å². The Labute approximate surface area is 60.5 Å². The molecule has 0 bridgehead atoms. The summed E-state index contributed by atoms with van der Waals surface area (Å²) in [6.45, 7) is 1.70. The van der Waals surface area contributed by atoms with Crippen LogP contribution in [-0.4, -0.2) is 10.2 Å². The van der Waals surface area contributed by atoms with Gasteiger partial charge in [-0.25, -0.2) is 0 Å². The molecule has 0 aromatic rings. The summed E-state index contributed by atoms with van der Waals surface area (Å²) >= 11 is 0. The van der Waals surface area contributed by atoms with Crippen LogP contribution >= 0.6 is 0 Å². The Balaban J connectivity index is 3.70. The maximum Gasteiger partial charge on any atom is 0.162 e. The van der Waals surface area contributed by atoms with E-state index in [0.717, 1.165) is 6.26 Å². The summed E-state index contributed by atoms with van der Waals surface area (Å²) in [5.74, 6) is 5.15.